The van der Waals surface area contributed by atoms with Crippen LogP contribution < -0.4 is 11.1 Å². The van der Waals surface area contributed by atoms with Crippen molar-refractivity contribution in [3.63, 3.8) is 0 Å². The Morgan fingerprint density at radius 2 is 1.76 bits per heavy atom. The van der Waals surface area contributed by atoms with Crippen molar-refractivity contribution >= 4 is 11.9 Å². The van der Waals surface area contributed by atoms with Crippen LogP contribution in [0.3, 0.4) is 0 Å². The van der Waals surface area contributed by atoms with Gasteiger partial charge >= 0.3 is 5.97 Å². The molecule has 7 nitrogen and oxygen atoms in total. The molecule has 1 aliphatic rings. The fourth-order valence-electron chi connectivity index (χ4n) is 3.06. The summed E-state index contributed by atoms with van der Waals surface area (Å²) in [5.41, 5.74) is 5.49. The highest BCUT2D eigenvalue weighted by Crippen LogP contribution is 2.31. The minimum atomic E-state index is -0.537. The third-order valence-electron chi connectivity index (χ3n) is 4.79. The van der Waals surface area contributed by atoms with Crippen molar-refractivity contribution in [1.82, 2.24) is 5.32 Å². The van der Waals surface area contributed by atoms with Gasteiger partial charge in [0.1, 0.15) is 6.61 Å². The molecule has 0 aromatic rings. The Morgan fingerprint density at radius 3 is 2.36 bits per heavy atom. The zero-order valence-electron chi connectivity index (χ0n) is 16.0. The largest absolute Gasteiger partial charge is 0.463 e. The number of hydrogen-bond acceptors (Lipinski definition) is 6. The molecule has 146 valence electrons. The fourth-order valence-corrected chi connectivity index (χ4v) is 3.06. The molecule has 2 unspecified atom stereocenters. The molecule has 1 aliphatic heterocycles. The molecule has 0 spiro atoms. The number of ether oxygens (including phenoxy) is 3. The van der Waals surface area contributed by atoms with Gasteiger partial charge in [-0.1, -0.05) is 26.7 Å². The standard InChI is InChI=1S/C18H34N2O5/c1-12-13(2)17(20-14(3)21)18(23-10-8-6-5-7-9-19)25-16(12)11-24-15(4)22/h12-13,16-18H,5-11,19H2,1-4H3,(H,20,21)/t12-,13+,16?,17?,18-/m1/s1. The summed E-state index contributed by atoms with van der Waals surface area (Å²) in [7, 11) is 0. The maximum absolute atomic E-state index is 11.6. The molecule has 5 atom stereocenters. The summed E-state index contributed by atoms with van der Waals surface area (Å²) in [6.07, 6.45) is 3.30. The van der Waals surface area contributed by atoms with E-state index in [0.717, 1.165) is 25.7 Å². The van der Waals surface area contributed by atoms with Gasteiger partial charge in [-0.25, -0.2) is 0 Å². The Kier molecular flexibility index (Phi) is 10.0. The zero-order chi connectivity index (χ0) is 18.8. The van der Waals surface area contributed by atoms with E-state index in [2.05, 4.69) is 12.2 Å². The number of unbranched alkanes of at least 4 members (excludes halogenated alkanes) is 3. The minimum absolute atomic E-state index is 0.109. The van der Waals surface area contributed by atoms with E-state index < -0.39 is 6.29 Å². The van der Waals surface area contributed by atoms with E-state index in [1.54, 1.807) is 0 Å². The summed E-state index contributed by atoms with van der Waals surface area (Å²) in [4.78, 5) is 22.6. The molecule has 0 aliphatic carbocycles. The lowest BCUT2D eigenvalue weighted by Gasteiger charge is -2.44. The van der Waals surface area contributed by atoms with Gasteiger partial charge in [0.15, 0.2) is 6.29 Å². The molecular weight excluding hydrogens is 324 g/mol. The van der Waals surface area contributed by atoms with Crippen molar-refractivity contribution in [2.75, 3.05) is 19.8 Å². The van der Waals surface area contributed by atoms with Crippen LogP contribution >= 0.6 is 0 Å². The van der Waals surface area contributed by atoms with Gasteiger partial charge in [-0.3, -0.25) is 9.59 Å². The van der Waals surface area contributed by atoms with Crippen molar-refractivity contribution in [2.45, 2.75) is 71.8 Å². The van der Waals surface area contributed by atoms with Gasteiger partial charge in [-0.2, -0.15) is 0 Å². The van der Waals surface area contributed by atoms with Crippen molar-refractivity contribution in [2.24, 2.45) is 17.6 Å². The maximum Gasteiger partial charge on any atom is 0.302 e. The third-order valence-corrected chi connectivity index (χ3v) is 4.79. The van der Waals surface area contributed by atoms with Gasteiger partial charge in [-0.15, -0.1) is 0 Å². The average molecular weight is 358 g/mol. The number of rotatable bonds is 10. The third kappa shape index (κ3) is 7.71. The molecule has 7 heteroatoms. The number of esters is 1. The Hall–Kier alpha value is -1.18. The van der Waals surface area contributed by atoms with Gasteiger partial charge in [-0.05, 0) is 31.2 Å². The Balaban J connectivity index is 2.62. The number of carbonyl (C=O) groups excluding carboxylic acids is 2. The molecule has 25 heavy (non-hydrogen) atoms. The lowest BCUT2D eigenvalue weighted by molar-refractivity contribution is -0.244. The van der Waals surface area contributed by atoms with Crippen LogP contribution in [0.15, 0.2) is 0 Å². The topological polar surface area (TPSA) is 99.9 Å². The van der Waals surface area contributed by atoms with Gasteiger partial charge in [0.2, 0.25) is 5.91 Å². The van der Waals surface area contributed by atoms with Crippen LogP contribution in [0.2, 0.25) is 0 Å². The zero-order valence-corrected chi connectivity index (χ0v) is 16.0. The lowest BCUT2D eigenvalue weighted by atomic mass is 9.82. The molecule has 0 radical (unpaired) electrons. The summed E-state index contributed by atoms with van der Waals surface area (Å²) in [6.45, 7) is 8.45. The monoisotopic (exact) mass is 358 g/mol. The van der Waals surface area contributed by atoms with Crippen molar-refractivity contribution in [3.8, 4) is 0 Å². The van der Waals surface area contributed by atoms with Crippen LogP contribution in [0.1, 0.15) is 53.4 Å². The van der Waals surface area contributed by atoms with E-state index in [0.29, 0.717) is 13.2 Å². The predicted octanol–water partition coefficient (Wildman–Crippen LogP) is 1.59. The molecule has 1 saturated heterocycles. The second-order valence-corrected chi connectivity index (χ2v) is 6.86. The number of nitrogens with one attached hydrogen (secondary N) is 1. The quantitative estimate of drug-likeness (QED) is 0.454. The van der Waals surface area contributed by atoms with Crippen molar-refractivity contribution < 1.29 is 23.8 Å². The molecule has 0 bridgehead atoms. The van der Waals surface area contributed by atoms with Crippen LogP contribution in [0.4, 0.5) is 0 Å². The second-order valence-electron chi connectivity index (χ2n) is 6.86. The summed E-state index contributed by atoms with van der Waals surface area (Å²) in [6, 6.07) is -0.217. The Morgan fingerprint density at radius 1 is 1.08 bits per heavy atom. The van der Waals surface area contributed by atoms with Gasteiger partial charge in [0.05, 0.1) is 12.1 Å². The second kappa shape index (κ2) is 11.4. The summed E-state index contributed by atoms with van der Waals surface area (Å²) >= 11 is 0. The predicted molar refractivity (Wildman–Crippen MR) is 94.7 cm³/mol. The normalized spacial score (nSPS) is 29.2. The van der Waals surface area contributed by atoms with E-state index in [4.69, 9.17) is 19.9 Å². The number of hydrogen-bond donors (Lipinski definition) is 2. The van der Waals surface area contributed by atoms with E-state index in [-0.39, 0.29) is 42.5 Å². The Bertz CT molecular complexity index is 416. The van der Waals surface area contributed by atoms with Crippen LogP contribution in [-0.4, -0.2) is 50.1 Å². The first-order chi connectivity index (χ1) is 11.9. The molecule has 1 fully saturated rings. The first-order valence-corrected chi connectivity index (χ1v) is 9.24. The summed E-state index contributed by atoms with van der Waals surface area (Å²) in [5, 5.41) is 2.95. The smallest absolute Gasteiger partial charge is 0.302 e. The van der Waals surface area contributed by atoms with Crippen LogP contribution in [0, 0.1) is 11.8 Å². The molecule has 1 heterocycles. The Labute approximate surface area is 150 Å². The SMILES string of the molecule is CC(=O)NC1[C@H](OCCCCCCN)OC(COC(C)=O)[C@H](C)[C@@H]1C. The van der Waals surface area contributed by atoms with Gasteiger partial charge < -0.3 is 25.3 Å². The van der Waals surface area contributed by atoms with E-state index >= 15 is 0 Å². The molecule has 0 aromatic carbocycles. The number of nitrogens with two attached hydrogens (primary N) is 1. The van der Waals surface area contributed by atoms with Crippen molar-refractivity contribution in [3.05, 3.63) is 0 Å². The highest BCUT2D eigenvalue weighted by molar-refractivity contribution is 5.73. The van der Waals surface area contributed by atoms with Crippen LogP contribution in [-0.2, 0) is 23.8 Å². The lowest BCUT2D eigenvalue weighted by Crippen LogP contribution is -2.58. The number of amides is 1. The molecule has 1 rings (SSSR count). The van der Waals surface area contributed by atoms with E-state index in [1.807, 2.05) is 6.92 Å². The molecule has 3 N–H and O–H groups in total. The fraction of sp³-hybridized carbons (Fsp3) is 0.889. The summed E-state index contributed by atoms with van der Waals surface area (Å²) in [5.74, 6) is -0.173. The first-order valence-electron chi connectivity index (χ1n) is 9.24. The summed E-state index contributed by atoms with van der Waals surface area (Å²) < 4.78 is 17.1. The highest BCUT2D eigenvalue weighted by atomic mass is 16.7. The van der Waals surface area contributed by atoms with Crippen molar-refractivity contribution in [1.29, 1.82) is 0 Å². The maximum atomic E-state index is 11.6. The number of carbonyl (C=O) groups is 2. The van der Waals surface area contributed by atoms with Crippen LogP contribution in [0.5, 0.6) is 0 Å². The minimum Gasteiger partial charge on any atom is -0.463 e. The molecule has 0 aromatic heterocycles. The average Bonchev–Trinajstić information content (AvgIpc) is 2.55. The molecule has 1 amide bonds. The van der Waals surface area contributed by atoms with Gasteiger partial charge in [0.25, 0.3) is 0 Å². The van der Waals surface area contributed by atoms with Gasteiger partial charge in [0, 0.05) is 20.5 Å². The van der Waals surface area contributed by atoms with Crippen LogP contribution in [0.25, 0.3) is 0 Å². The molecule has 0 saturated carbocycles. The first kappa shape index (κ1) is 21.9. The highest BCUT2D eigenvalue weighted by Gasteiger charge is 2.42. The van der Waals surface area contributed by atoms with E-state index in [9.17, 15) is 9.59 Å². The molecular formula is C18H34N2O5. The van der Waals surface area contributed by atoms with E-state index in [1.165, 1.54) is 13.8 Å².